The summed E-state index contributed by atoms with van der Waals surface area (Å²) in [6.07, 6.45) is 0. The number of hydrogen-bond donors (Lipinski definition) is 0. The molecule has 2 heteroatoms. The number of hydrogen-bond acceptors (Lipinski definition) is 1. The summed E-state index contributed by atoms with van der Waals surface area (Å²) in [4.78, 5) is 11.7. The Morgan fingerprint density at radius 3 is 1.92 bits per heavy atom. The SMILES string of the molecule is Cc1ccc(C(=O)[N+](C)(C)C)cc1. The van der Waals surface area contributed by atoms with Crippen molar-refractivity contribution in [3.63, 3.8) is 0 Å². The quantitative estimate of drug-likeness (QED) is 0.600. The summed E-state index contributed by atoms with van der Waals surface area (Å²) in [6.45, 7) is 2.01. The van der Waals surface area contributed by atoms with E-state index in [4.69, 9.17) is 0 Å². The number of benzene rings is 1. The molecule has 0 aliphatic heterocycles. The van der Waals surface area contributed by atoms with Crippen molar-refractivity contribution in [2.24, 2.45) is 0 Å². The van der Waals surface area contributed by atoms with Gasteiger partial charge < -0.3 is 0 Å². The van der Waals surface area contributed by atoms with E-state index < -0.39 is 0 Å². The molecule has 0 aromatic heterocycles. The standard InChI is InChI=1S/C11H16NO/c1-9-5-7-10(8-6-9)11(13)12(2,3)4/h5-8H,1-4H3/q+1. The van der Waals surface area contributed by atoms with Gasteiger partial charge in [0.15, 0.2) is 0 Å². The van der Waals surface area contributed by atoms with Crippen LogP contribution in [0.5, 0.6) is 0 Å². The smallest absolute Gasteiger partial charge is 0.263 e. The Morgan fingerprint density at radius 2 is 1.54 bits per heavy atom. The number of carbonyl (C=O) groups is 1. The molecule has 2 nitrogen and oxygen atoms in total. The molecule has 0 saturated carbocycles. The van der Waals surface area contributed by atoms with Crippen LogP contribution in [0, 0.1) is 6.92 Å². The van der Waals surface area contributed by atoms with Crippen molar-refractivity contribution in [2.75, 3.05) is 21.1 Å². The van der Waals surface area contributed by atoms with Gasteiger partial charge in [0.25, 0.3) is 0 Å². The maximum atomic E-state index is 11.7. The Balaban J connectivity index is 2.97. The molecular weight excluding hydrogens is 162 g/mol. The van der Waals surface area contributed by atoms with Crippen molar-refractivity contribution in [3.8, 4) is 0 Å². The van der Waals surface area contributed by atoms with Gasteiger partial charge in [-0.15, -0.1) is 0 Å². The van der Waals surface area contributed by atoms with Crippen LogP contribution in [-0.2, 0) is 0 Å². The predicted molar refractivity (Wildman–Crippen MR) is 53.5 cm³/mol. The lowest BCUT2D eigenvalue weighted by atomic mass is 10.1. The molecule has 0 N–H and O–H groups in total. The molecule has 13 heavy (non-hydrogen) atoms. The van der Waals surface area contributed by atoms with E-state index >= 15 is 0 Å². The molecule has 0 bridgehead atoms. The van der Waals surface area contributed by atoms with Crippen LogP contribution in [-0.4, -0.2) is 31.5 Å². The first-order valence-corrected chi connectivity index (χ1v) is 4.34. The highest BCUT2D eigenvalue weighted by Gasteiger charge is 2.21. The number of carbonyl (C=O) groups excluding carboxylic acids is 1. The summed E-state index contributed by atoms with van der Waals surface area (Å²) in [5, 5.41) is 0. The van der Waals surface area contributed by atoms with E-state index in [0.29, 0.717) is 4.48 Å². The van der Waals surface area contributed by atoms with E-state index in [9.17, 15) is 4.79 Å². The maximum absolute atomic E-state index is 11.7. The lowest BCUT2D eigenvalue weighted by Crippen LogP contribution is -2.41. The van der Waals surface area contributed by atoms with E-state index in [1.54, 1.807) is 0 Å². The van der Waals surface area contributed by atoms with Crippen molar-refractivity contribution in [3.05, 3.63) is 35.4 Å². The third-order valence-corrected chi connectivity index (χ3v) is 1.91. The second-order valence-electron chi connectivity index (χ2n) is 4.18. The average Bonchev–Trinajstić information content (AvgIpc) is 2.03. The molecule has 1 aromatic carbocycles. The van der Waals surface area contributed by atoms with Crippen LogP contribution >= 0.6 is 0 Å². The van der Waals surface area contributed by atoms with Crippen LogP contribution in [0.3, 0.4) is 0 Å². The van der Waals surface area contributed by atoms with Crippen LogP contribution in [0.4, 0.5) is 0 Å². The topological polar surface area (TPSA) is 17.1 Å². The highest BCUT2D eigenvalue weighted by Crippen LogP contribution is 2.08. The first-order chi connectivity index (χ1) is 5.91. The molecule has 70 valence electrons. The monoisotopic (exact) mass is 178 g/mol. The molecule has 0 fully saturated rings. The molecule has 0 spiro atoms. The molecule has 0 saturated heterocycles. The molecule has 1 amide bonds. The molecular formula is C11H16NO+. The van der Waals surface area contributed by atoms with Crippen molar-refractivity contribution in [2.45, 2.75) is 6.92 Å². The second-order valence-corrected chi connectivity index (χ2v) is 4.18. The number of rotatable bonds is 1. The molecule has 0 atom stereocenters. The van der Waals surface area contributed by atoms with E-state index in [1.165, 1.54) is 5.56 Å². The van der Waals surface area contributed by atoms with Crippen LogP contribution in [0.2, 0.25) is 0 Å². The van der Waals surface area contributed by atoms with Crippen LogP contribution < -0.4 is 0 Å². The normalized spacial score (nSPS) is 11.4. The van der Waals surface area contributed by atoms with Crippen molar-refractivity contribution >= 4 is 5.91 Å². The maximum Gasteiger partial charge on any atom is 0.345 e. The van der Waals surface area contributed by atoms with Crippen LogP contribution in [0.1, 0.15) is 15.9 Å². The molecule has 0 aliphatic carbocycles. The Hall–Kier alpha value is -1.15. The zero-order valence-corrected chi connectivity index (χ0v) is 8.66. The highest BCUT2D eigenvalue weighted by molar-refractivity contribution is 5.88. The van der Waals surface area contributed by atoms with Crippen molar-refractivity contribution < 1.29 is 9.28 Å². The highest BCUT2D eigenvalue weighted by atomic mass is 16.2. The van der Waals surface area contributed by atoms with Gasteiger partial charge in [-0.05, 0) is 19.1 Å². The summed E-state index contributed by atoms with van der Waals surface area (Å²) in [5.74, 6) is 0.139. The number of amides is 1. The first-order valence-electron chi connectivity index (χ1n) is 4.34. The Morgan fingerprint density at radius 1 is 1.08 bits per heavy atom. The summed E-state index contributed by atoms with van der Waals surface area (Å²) in [6, 6.07) is 7.67. The summed E-state index contributed by atoms with van der Waals surface area (Å²) in [5.41, 5.74) is 1.95. The van der Waals surface area contributed by atoms with Gasteiger partial charge in [0.05, 0.1) is 26.7 Å². The first kappa shape index (κ1) is 9.93. The minimum absolute atomic E-state index is 0.139. The largest absolute Gasteiger partial charge is 0.345 e. The average molecular weight is 178 g/mol. The van der Waals surface area contributed by atoms with Gasteiger partial charge in [-0.2, -0.15) is 0 Å². The summed E-state index contributed by atoms with van der Waals surface area (Å²) < 4.78 is 0.336. The minimum Gasteiger partial charge on any atom is -0.263 e. The zero-order valence-electron chi connectivity index (χ0n) is 8.66. The lowest BCUT2D eigenvalue weighted by Gasteiger charge is -2.20. The summed E-state index contributed by atoms with van der Waals surface area (Å²) >= 11 is 0. The van der Waals surface area contributed by atoms with E-state index in [2.05, 4.69) is 0 Å². The van der Waals surface area contributed by atoms with Gasteiger partial charge in [-0.1, -0.05) is 17.7 Å². The predicted octanol–water partition coefficient (Wildman–Crippen LogP) is 1.84. The van der Waals surface area contributed by atoms with Gasteiger partial charge >= 0.3 is 5.91 Å². The molecule has 0 unspecified atom stereocenters. The fraction of sp³-hybridized carbons (Fsp3) is 0.364. The van der Waals surface area contributed by atoms with E-state index in [-0.39, 0.29) is 5.91 Å². The number of aryl methyl sites for hydroxylation is 1. The zero-order chi connectivity index (χ0) is 10.1. The van der Waals surface area contributed by atoms with Crippen LogP contribution in [0.15, 0.2) is 24.3 Å². The van der Waals surface area contributed by atoms with Crippen LogP contribution in [0.25, 0.3) is 0 Å². The third-order valence-electron chi connectivity index (χ3n) is 1.91. The van der Waals surface area contributed by atoms with Gasteiger partial charge in [0.2, 0.25) is 0 Å². The minimum atomic E-state index is 0.139. The fourth-order valence-electron chi connectivity index (χ4n) is 1.08. The number of nitrogens with zero attached hydrogens (tertiary/aromatic N) is 1. The Labute approximate surface area is 79.4 Å². The van der Waals surface area contributed by atoms with E-state index in [0.717, 1.165) is 5.56 Å². The van der Waals surface area contributed by atoms with E-state index in [1.807, 2.05) is 52.3 Å². The fourth-order valence-corrected chi connectivity index (χ4v) is 1.08. The molecule has 1 rings (SSSR count). The molecule has 0 heterocycles. The Bertz CT molecular complexity index is 306. The van der Waals surface area contributed by atoms with Gasteiger partial charge in [0, 0.05) is 0 Å². The number of quaternary nitrogens is 1. The van der Waals surface area contributed by atoms with Crippen molar-refractivity contribution in [1.29, 1.82) is 0 Å². The summed E-state index contributed by atoms with van der Waals surface area (Å²) in [7, 11) is 5.63. The molecule has 0 radical (unpaired) electrons. The third kappa shape index (κ3) is 2.39. The van der Waals surface area contributed by atoms with Crippen molar-refractivity contribution in [1.82, 2.24) is 0 Å². The second kappa shape index (κ2) is 3.30. The molecule has 1 aromatic rings. The lowest BCUT2D eigenvalue weighted by molar-refractivity contribution is -0.785. The van der Waals surface area contributed by atoms with Gasteiger partial charge in [0.1, 0.15) is 0 Å². The van der Waals surface area contributed by atoms with Gasteiger partial charge in [-0.25, -0.2) is 4.79 Å². The molecule has 0 aliphatic rings. The Kier molecular flexibility index (Phi) is 2.52. The van der Waals surface area contributed by atoms with Gasteiger partial charge in [-0.3, -0.25) is 4.48 Å².